The molecule has 0 aliphatic rings. The average molecular weight is 468 g/mol. The highest BCUT2D eigenvalue weighted by Crippen LogP contribution is 2.28. The molecule has 0 radical (unpaired) electrons. The standard InChI is InChI=1S/C24H22ClN3O5/c1-31-20-11-9-18(13-19(20)25)27-23(29)24(30)28-26-14-17-8-10-21(22(12-17)32-2)33-15-16-6-4-3-5-7-16/h3-14H,15H2,1-2H3,(H,27,29)(H,28,30)/b26-14-. The van der Waals surface area contributed by atoms with Crippen molar-refractivity contribution in [1.82, 2.24) is 5.43 Å². The van der Waals surface area contributed by atoms with Crippen molar-refractivity contribution in [3.05, 3.63) is 82.9 Å². The van der Waals surface area contributed by atoms with E-state index in [0.717, 1.165) is 5.56 Å². The highest BCUT2D eigenvalue weighted by molar-refractivity contribution is 6.40. The summed E-state index contributed by atoms with van der Waals surface area (Å²) in [6.45, 7) is 0.398. The lowest BCUT2D eigenvalue weighted by Crippen LogP contribution is -2.32. The van der Waals surface area contributed by atoms with Gasteiger partial charge in [-0.05, 0) is 47.5 Å². The van der Waals surface area contributed by atoms with Gasteiger partial charge < -0.3 is 19.5 Å². The van der Waals surface area contributed by atoms with Crippen LogP contribution in [0, 0.1) is 0 Å². The van der Waals surface area contributed by atoms with Crippen LogP contribution >= 0.6 is 11.6 Å². The Bertz CT molecular complexity index is 1150. The number of carbonyl (C=O) groups excluding carboxylic acids is 2. The van der Waals surface area contributed by atoms with Crippen molar-refractivity contribution in [1.29, 1.82) is 0 Å². The number of hydrogen-bond acceptors (Lipinski definition) is 6. The first-order valence-corrected chi connectivity index (χ1v) is 10.2. The lowest BCUT2D eigenvalue weighted by atomic mass is 10.2. The van der Waals surface area contributed by atoms with Gasteiger partial charge in [-0.3, -0.25) is 9.59 Å². The smallest absolute Gasteiger partial charge is 0.329 e. The summed E-state index contributed by atoms with van der Waals surface area (Å²) in [5, 5.41) is 6.56. The molecule has 0 fully saturated rings. The fraction of sp³-hybridized carbons (Fsp3) is 0.125. The molecule has 0 heterocycles. The zero-order chi connectivity index (χ0) is 23.6. The van der Waals surface area contributed by atoms with Crippen LogP contribution in [-0.2, 0) is 16.2 Å². The van der Waals surface area contributed by atoms with Crippen molar-refractivity contribution in [2.45, 2.75) is 6.61 Å². The van der Waals surface area contributed by atoms with Crippen molar-refractivity contribution < 1.29 is 23.8 Å². The number of ether oxygens (including phenoxy) is 3. The number of nitrogens with one attached hydrogen (secondary N) is 2. The third kappa shape index (κ3) is 6.72. The van der Waals surface area contributed by atoms with Crippen LogP contribution in [0.5, 0.6) is 17.2 Å². The molecule has 0 aliphatic carbocycles. The number of benzene rings is 3. The Morgan fingerprint density at radius 2 is 1.64 bits per heavy atom. The van der Waals surface area contributed by atoms with Crippen LogP contribution in [0.1, 0.15) is 11.1 Å². The van der Waals surface area contributed by atoms with Gasteiger partial charge in [-0.1, -0.05) is 41.9 Å². The highest BCUT2D eigenvalue weighted by atomic mass is 35.5. The molecule has 3 rings (SSSR count). The van der Waals surface area contributed by atoms with Crippen LogP contribution < -0.4 is 25.0 Å². The summed E-state index contributed by atoms with van der Waals surface area (Å²) in [6.07, 6.45) is 1.39. The minimum atomic E-state index is -0.937. The van der Waals surface area contributed by atoms with Gasteiger partial charge in [0.05, 0.1) is 25.5 Å². The maximum Gasteiger partial charge on any atom is 0.329 e. The Kier molecular flexibility index (Phi) is 8.26. The predicted molar refractivity (Wildman–Crippen MR) is 126 cm³/mol. The Balaban J connectivity index is 1.55. The lowest BCUT2D eigenvalue weighted by molar-refractivity contribution is -0.136. The van der Waals surface area contributed by atoms with Gasteiger partial charge in [0.15, 0.2) is 11.5 Å². The summed E-state index contributed by atoms with van der Waals surface area (Å²) in [5.41, 5.74) is 4.19. The first-order valence-electron chi connectivity index (χ1n) is 9.83. The minimum Gasteiger partial charge on any atom is -0.495 e. The number of anilines is 1. The van der Waals surface area contributed by atoms with Crippen molar-refractivity contribution >= 4 is 35.3 Å². The van der Waals surface area contributed by atoms with Crippen molar-refractivity contribution in [2.24, 2.45) is 5.10 Å². The topological polar surface area (TPSA) is 98.2 Å². The first-order chi connectivity index (χ1) is 16.0. The maximum atomic E-state index is 12.0. The largest absolute Gasteiger partial charge is 0.495 e. The van der Waals surface area contributed by atoms with E-state index in [1.54, 1.807) is 30.3 Å². The van der Waals surface area contributed by atoms with Crippen LogP contribution in [0.15, 0.2) is 71.8 Å². The van der Waals surface area contributed by atoms with Gasteiger partial charge in [0.2, 0.25) is 0 Å². The van der Waals surface area contributed by atoms with E-state index >= 15 is 0 Å². The molecule has 3 aromatic carbocycles. The van der Waals surface area contributed by atoms with Gasteiger partial charge in [0.25, 0.3) is 0 Å². The van der Waals surface area contributed by atoms with Gasteiger partial charge in [0, 0.05) is 5.69 Å². The Labute approximate surface area is 196 Å². The molecule has 0 saturated carbocycles. The second-order valence-corrected chi connectivity index (χ2v) is 7.09. The van der Waals surface area contributed by atoms with Gasteiger partial charge in [0.1, 0.15) is 12.4 Å². The summed E-state index contributed by atoms with van der Waals surface area (Å²) >= 11 is 6.01. The molecule has 2 amide bonds. The summed E-state index contributed by atoms with van der Waals surface area (Å²) < 4.78 is 16.2. The maximum absolute atomic E-state index is 12.0. The first kappa shape index (κ1) is 23.6. The van der Waals surface area contributed by atoms with E-state index in [9.17, 15) is 9.59 Å². The Morgan fingerprint density at radius 3 is 2.33 bits per heavy atom. The van der Waals surface area contributed by atoms with E-state index in [-0.39, 0.29) is 0 Å². The van der Waals surface area contributed by atoms with E-state index in [1.165, 1.54) is 26.5 Å². The molecule has 0 saturated heterocycles. The van der Waals surface area contributed by atoms with E-state index in [0.29, 0.717) is 40.1 Å². The summed E-state index contributed by atoms with van der Waals surface area (Å²) in [6, 6.07) is 19.6. The third-order valence-corrected chi connectivity index (χ3v) is 4.72. The van der Waals surface area contributed by atoms with Crippen LogP contribution in [0.3, 0.4) is 0 Å². The molecular weight excluding hydrogens is 446 g/mol. The molecule has 0 unspecified atom stereocenters. The zero-order valence-corrected chi connectivity index (χ0v) is 18.8. The fourth-order valence-electron chi connectivity index (χ4n) is 2.77. The second kappa shape index (κ2) is 11.5. The van der Waals surface area contributed by atoms with E-state index in [1.807, 2.05) is 30.3 Å². The SMILES string of the molecule is COc1ccc(NC(=O)C(=O)N/N=C\c2ccc(OCc3ccccc3)c(OC)c2)cc1Cl. The highest BCUT2D eigenvalue weighted by Gasteiger charge is 2.14. The molecule has 33 heavy (non-hydrogen) atoms. The molecule has 9 heteroatoms. The van der Waals surface area contributed by atoms with Crippen molar-refractivity contribution in [3.63, 3.8) is 0 Å². The molecule has 0 aromatic heterocycles. The van der Waals surface area contributed by atoms with Crippen LogP contribution in [0.25, 0.3) is 0 Å². The molecule has 0 aliphatic heterocycles. The number of nitrogens with zero attached hydrogens (tertiary/aromatic N) is 1. The molecule has 2 N–H and O–H groups in total. The number of halogens is 1. The van der Waals surface area contributed by atoms with Gasteiger partial charge in [-0.2, -0.15) is 5.10 Å². The van der Waals surface area contributed by atoms with Crippen LogP contribution in [0.2, 0.25) is 5.02 Å². The average Bonchev–Trinajstić information content (AvgIpc) is 2.83. The van der Waals surface area contributed by atoms with E-state index in [4.69, 9.17) is 25.8 Å². The number of carbonyl (C=O) groups is 2. The normalized spacial score (nSPS) is 10.5. The zero-order valence-electron chi connectivity index (χ0n) is 18.0. The van der Waals surface area contributed by atoms with Crippen LogP contribution in [-0.4, -0.2) is 32.2 Å². The lowest BCUT2D eigenvalue weighted by Gasteiger charge is -2.11. The molecule has 0 spiro atoms. The van der Waals surface area contributed by atoms with Gasteiger partial charge in [-0.25, -0.2) is 5.43 Å². The Morgan fingerprint density at radius 1 is 0.909 bits per heavy atom. The van der Waals surface area contributed by atoms with E-state index < -0.39 is 11.8 Å². The molecule has 3 aromatic rings. The summed E-state index contributed by atoms with van der Waals surface area (Å²) in [4.78, 5) is 24.1. The molecule has 170 valence electrons. The fourth-order valence-corrected chi connectivity index (χ4v) is 3.02. The van der Waals surface area contributed by atoms with Gasteiger partial charge >= 0.3 is 11.8 Å². The molecule has 0 bridgehead atoms. The third-order valence-electron chi connectivity index (χ3n) is 4.42. The number of methoxy groups -OCH3 is 2. The van der Waals surface area contributed by atoms with Crippen molar-refractivity contribution in [2.75, 3.05) is 19.5 Å². The molecule has 0 atom stereocenters. The quantitative estimate of drug-likeness (QED) is 0.296. The number of amides is 2. The predicted octanol–water partition coefficient (Wildman–Crippen LogP) is 4.03. The Hall–Kier alpha value is -4.04. The number of rotatable bonds is 8. The summed E-state index contributed by atoms with van der Waals surface area (Å²) in [7, 11) is 3.01. The molecular formula is C24H22ClN3O5. The molecule has 8 nitrogen and oxygen atoms in total. The van der Waals surface area contributed by atoms with E-state index in [2.05, 4.69) is 15.8 Å². The van der Waals surface area contributed by atoms with Crippen LogP contribution in [0.4, 0.5) is 5.69 Å². The number of hydrogen-bond donors (Lipinski definition) is 2. The second-order valence-electron chi connectivity index (χ2n) is 6.69. The number of hydrazone groups is 1. The minimum absolute atomic E-state index is 0.305. The summed E-state index contributed by atoms with van der Waals surface area (Å²) in [5.74, 6) is -0.297. The van der Waals surface area contributed by atoms with Gasteiger partial charge in [-0.15, -0.1) is 0 Å². The van der Waals surface area contributed by atoms with Crippen molar-refractivity contribution in [3.8, 4) is 17.2 Å². The monoisotopic (exact) mass is 467 g/mol.